The molecule has 1 unspecified atom stereocenters. The number of pyridine rings is 1. The van der Waals surface area contributed by atoms with Crippen LogP contribution in [0.1, 0.15) is 5.56 Å². The third kappa shape index (κ3) is 2.92. The van der Waals surface area contributed by atoms with Crippen LogP contribution < -0.4 is 0 Å². The van der Waals surface area contributed by atoms with Gasteiger partial charge < -0.3 is 9.84 Å². The van der Waals surface area contributed by atoms with E-state index in [0.717, 1.165) is 25.3 Å². The fraction of sp³-hybridized carbons (Fsp3) is 0.545. The Morgan fingerprint density at radius 1 is 1.62 bits per heavy atom. The number of aromatic nitrogens is 1. The molecule has 0 radical (unpaired) electrons. The van der Waals surface area contributed by atoms with Gasteiger partial charge >= 0.3 is 0 Å². The minimum absolute atomic E-state index is 0.0840. The normalized spacial score (nSPS) is 22.2. The third-order valence-corrected chi connectivity index (χ3v) is 2.94. The maximum absolute atomic E-state index is 9.23. The Hall–Kier alpha value is -0.680. The molecule has 16 heavy (non-hydrogen) atoms. The van der Waals surface area contributed by atoms with Crippen molar-refractivity contribution in [3.8, 4) is 0 Å². The number of morpholine rings is 1. The number of ether oxygens (including phenoxy) is 1. The van der Waals surface area contributed by atoms with E-state index in [1.165, 1.54) is 0 Å². The minimum atomic E-state index is 0.0840. The first-order chi connectivity index (χ1) is 7.79. The molecule has 88 valence electrons. The van der Waals surface area contributed by atoms with Crippen LogP contribution in [0.4, 0.5) is 0 Å². The Morgan fingerprint density at radius 2 is 2.50 bits per heavy atom. The number of hydrogen-bond acceptors (Lipinski definition) is 4. The standard InChI is InChI=1S/C11H15ClN2O2/c12-11-5-9(1-2-13-11)6-14-3-4-16-8-10(14)7-15/h1-2,5,10,15H,3-4,6-8H2. The Balaban J connectivity index is 2.02. The van der Waals surface area contributed by atoms with Gasteiger partial charge in [-0.05, 0) is 17.7 Å². The number of aliphatic hydroxyl groups excluding tert-OH is 1. The van der Waals surface area contributed by atoms with Crippen LogP contribution in [0, 0.1) is 0 Å². The number of halogens is 1. The molecule has 1 N–H and O–H groups in total. The van der Waals surface area contributed by atoms with Gasteiger partial charge in [-0.15, -0.1) is 0 Å². The number of hydrogen-bond donors (Lipinski definition) is 1. The second-order valence-corrected chi connectivity index (χ2v) is 4.26. The summed E-state index contributed by atoms with van der Waals surface area (Å²) in [4.78, 5) is 6.15. The van der Waals surface area contributed by atoms with Gasteiger partial charge in [0.25, 0.3) is 0 Å². The second kappa shape index (κ2) is 5.59. The predicted molar refractivity (Wildman–Crippen MR) is 61.3 cm³/mol. The molecule has 0 amide bonds. The summed E-state index contributed by atoms with van der Waals surface area (Å²) < 4.78 is 5.32. The van der Waals surface area contributed by atoms with Crippen molar-refractivity contribution in [2.75, 3.05) is 26.4 Å². The highest BCUT2D eigenvalue weighted by Gasteiger charge is 2.22. The molecular weight excluding hydrogens is 228 g/mol. The molecule has 1 saturated heterocycles. The molecular formula is C11H15ClN2O2. The van der Waals surface area contributed by atoms with Gasteiger partial charge in [0, 0.05) is 19.3 Å². The van der Waals surface area contributed by atoms with E-state index in [1.54, 1.807) is 6.20 Å². The largest absolute Gasteiger partial charge is 0.395 e. The molecule has 0 bridgehead atoms. The first kappa shape index (κ1) is 11.8. The van der Waals surface area contributed by atoms with Gasteiger partial charge in [0.1, 0.15) is 5.15 Å². The maximum atomic E-state index is 9.23. The van der Waals surface area contributed by atoms with Gasteiger partial charge in [-0.3, -0.25) is 4.90 Å². The van der Waals surface area contributed by atoms with Crippen LogP contribution in [0.25, 0.3) is 0 Å². The molecule has 1 aliphatic rings. The summed E-state index contributed by atoms with van der Waals surface area (Å²) in [6, 6.07) is 3.88. The Morgan fingerprint density at radius 3 is 3.25 bits per heavy atom. The summed E-state index contributed by atoms with van der Waals surface area (Å²) in [5.41, 5.74) is 1.11. The molecule has 1 atom stereocenters. The summed E-state index contributed by atoms with van der Waals surface area (Å²) >= 11 is 5.83. The van der Waals surface area contributed by atoms with Gasteiger partial charge in [0.2, 0.25) is 0 Å². The van der Waals surface area contributed by atoms with E-state index < -0.39 is 0 Å². The van der Waals surface area contributed by atoms with Crippen molar-refractivity contribution >= 4 is 11.6 Å². The number of rotatable bonds is 3. The highest BCUT2D eigenvalue weighted by Crippen LogP contribution is 2.14. The summed E-state index contributed by atoms with van der Waals surface area (Å²) in [7, 11) is 0. The lowest BCUT2D eigenvalue weighted by molar-refractivity contribution is -0.0312. The van der Waals surface area contributed by atoms with Crippen molar-refractivity contribution in [2.45, 2.75) is 12.6 Å². The Labute approximate surface area is 99.8 Å². The SMILES string of the molecule is OCC1COCCN1Cc1ccnc(Cl)c1. The molecule has 2 heterocycles. The van der Waals surface area contributed by atoms with Crippen LogP contribution in [0.5, 0.6) is 0 Å². The van der Waals surface area contributed by atoms with Crippen molar-refractivity contribution in [3.05, 3.63) is 29.0 Å². The van der Waals surface area contributed by atoms with Crippen LogP contribution in [-0.4, -0.2) is 47.4 Å². The molecule has 4 nitrogen and oxygen atoms in total. The van der Waals surface area contributed by atoms with Crippen LogP contribution in [0.2, 0.25) is 5.15 Å². The smallest absolute Gasteiger partial charge is 0.129 e. The summed E-state index contributed by atoms with van der Waals surface area (Å²) in [6.07, 6.45) is 1.70. The van der Waals surface area contributed by atoms with E-state index in [1.807, 2.05) is 12.1 Å². The van der Waals surface area contributed by atoms with Gasteiger partial charge in [0.05, 0.1) is 25.9 Å². The number of aliphatic hydroxyl groups is 1. The van der Waals surface area contributed by atoms with Gasteiger partial charge in [0.15, 0.2) is 0 Å². The second-order valence-electron chi connectivity index (χ2n) is 3.87. The van der Waals surface area contributed by atoms with Gasteiger partial charge in [-0.2, -0.15) is 0 Å². The van der Waals surface area contributed by atoms with E-state index in [4.69, 9.17) is 16.3 Å². The quantitative estimate of drug-likeness (QED) is 0.801. The topological polar surface area (TPSA) is 45.6 Å². The van der Waals surface area contributed by atoms with Crippen molar-refractivity contribution in [2.24, 2.45) is 0 Å². The average Bonchev–Trinajstić information content (AvgIpc) is 2.30. The highest BCUT2D eigenvalue weighted by atomic mass is 35.5. The summed E-state index contributed by atoms with van der Waals surface area (Å²) in [5.74, 6) is 0. The summed E-state index contributed by atoms with van der Waals surface area (Å²) in [5, 5.41) is 9.74. The molecule has 0 saturated carbocycles. The van der Waals surface area contributed by atoms with E-state index >= 15 is 0 Å². The van der Waals surface area contributed by atoms with Crippen LogP contribution >= 0.6 is 11.6 Å². The molecule has 2 rings (SSSR count). The maximum Gasteiger partial charge on any atom is 0.129 e. The zero-order chi connectivity index (χ0) is 11.4. The molecule has 1 fully saturated rings. The van der Waals surface area contributed by atoms with Crippen LogP contribution in [-0.2, 0) is 11.3 Å². The van der Waals surface area contributed by atoms with Crippen LogP contribution in [0.3, 0.4) is 0 Å². The Kier molecular flexibility index (Phi) is 4.12. The van der Waals surface area contributed by atoms with E-state index in [-0.39, 0.29) is 12.6 Å². The van der Waals surface area contributed by atoms with E-state index in [9.17, 15) is 5.11 Å². The first-order valence-corrected chi connectivity index (χ1v) is 5.70. The zero-order valence-electron chi connectivity index (χ0n) is 8.97. The molecule has 0 aromatic carbocycles. The minimum Gasteiger partial charge on any atom is -0.395 e. The van der Waals surface area contributed by atoms with Crippen molar-refractivity contribution in [1.29, 1.82) is 0 Å². The number of nitrogens with zero attached hydrogens (tertiary/aromatic N) is 2. The monoisotopic (exact) mass is 242 g/mol. The average molecular weight is 243 g/mol. The van der Waals surface area contributed by atoms with Gasteiger partial charge in [-0.25, -0.2) is 4.98 Å². The lowest BCUT2D eigenvalue weighted by Gasteiger charge is -2.34. The lowest BCUT2D eigenvalue weighted by Crippen LogP contribution is -2.46. The van der Waals surface area contributed by atoms with E-state index in [2.05, 4.69) is 9.88 Å². The van der Waals surface area contributed by atoms with Gasteiger partial charge in [-0.1, -0.05) is 11.6 Å². The third-order valence-electron chi connectivity index (χ3n) is 2.74. The van der Waals surface area contributed by atoms with Crippen LogP contribution in [0.15, 0.2) is 18.3 Å². The molecule has 5 heteroatoms. The predicted octanol–water partition coefficient (Wildman–Crippen LogP) is 0.928. The Bertz CT molecular complexity index is 349. The molecule has 0 spiro atoms. The molecule has 0 aliphatic carbocycles. The van der Waals surface area contributed by atoms with Crippen molar-refractivity contribution < 1.29 is 9.84 Å². The lowest BCUT2D eigenvalue weighted by atomic mass is 10.2. The summed E-state index contributed by atoms with van der Waals surface area (Å²) in [6.45, 7) is 3.05. The molecule has 1 aliphatic heterocycles. The van der Waals surface area contributed by atoms with E-state index in [0.29, 0.717) is 11.8 Å². The first-order valence-electron chi connectivity index (χ1n) is 5.32. The fourth-order valence-electron chi connectivity index (χ4n) is 1.84. The molecule has 1 aromatic rings. The highest BCUT2D eigenvalue weighted by molar-refractivity contribution is 6.29. The van der Waals surface area contributed by atoms with Crippen molar-refractivity contribution in [3.63, 3.8) is 0 Å². The zero-order valence-corrected chi connectivity index (χ0v) is 9.73. The fourth-order valence-corrected chi connectivity index (χ4v) is 2.04. The molecule has 1 aromatic heterocycles. The van der Waals surface area contributed by atoms with Crippen molar-refractivity contribution in [1.82, 2.24) is 9.88 Å².